The molecule has 2 unspecified atom stereocenters. The Hall–Kier alpha value is -2.25. The average molecular weight is 442 g/mol. The number of piperidine rings is 1. The lowest BCUT2D eigenvalue weighted by molar-refractivity contribution is -0.126. The van der Waals surface area contributed by atoms with E-state index in [1.54, 1.807) is 29.1 Å². The zero-order chi connectivity index (χ0) is 22.0. The molecule has 1 aromatic carbocycles. The van der Waals surface area contributed by atoms with Crippen molar-refractivity contribution in [3.05, 3.63) is 59.2 Å². The number of thiol groups is 1. The van der Waals surface area contributed by atoms with Crippen molar-refractivity contribution in [2.45, 2.75) is 50.4 Å². The number of aromatic nitrogens is 2. The van der Waals surface area contributed by atoms with Crippen LogP contribution in [0.5, 0.6) is 0 Å². The van der Waals surface area contributed by atoms with E-state index in [1.165, 1.54) is 6.07 Å². The molecule has 1 aliphatic heterocycles. The summed E-state index contributed by atoms with van der Waals surface area (Å²) in [7, 11) is 0. The average Bonchev–Trinajstić information content (AvgIpc) is 3.53. The highest BCUT2D eigenvalue weighted by molar-refractivity contribution is 7.81. The first-order valence-corrected chi connectivity index (χ1v) is 11.4. The van der Waals surface area contributed by atoms with E-state index in [4.69, 9.17) is 12.6 Å². The molecule has 0 radical (unpaired) electrons. The Balaban J connectivity index is 1.58. The summed E-state index contributed by atoms with van der Waals surface area (Å²) in [6, 6.07) is 7.90. The van der Waals surface area contributed by atoms with Crippen LogP contribution in [0.1, 0.15) is 49.9 Å². The number of carbonyl (C=O) groups is 2. The number of ketones is 2. The molecular weight excluding hydrogens is 413 g/mol. The van der Waals surface area contributed by atoms with Gasteiger partial charge in [0.15, 0.2) is 11.6 Å². The number of hydrogen-bond acceptors (Lipinski definition) is 5. The van der Waals surface area contributed by atoms with Crippen molar-refractivity contribution in [2.75, 3.05) is 13.1 Å². The summed E-state index contributed by atoms with van der Waals surface area (Å²) in [5, 5.41) is 4.53. The summed E-state index contributed by atoms with van der Waals surface area (Å²) in [5.41, 5.74) is 2.26. The van der Waals surface area contributed by atoms with Gasteiger partial charge in [-0.05, 0) is 43.0 Å². The van der Waals surface area contributed by atoms with Crippen molar-refractivity contribution in [2.24, 2.45) is 5.92 Å². The van der Waals surface area contributed by atoms with Gasteiger partial charge < -0.3 is 0 Å². The molecule has 31 heavy (non-hydrogen) atoms. The second-order valence-corrected chi connectivity index (χ2v) is 9.05. The highest BCUT2D eigenvalue weighted by Crippen LogP contribution is 2.39. The summed E-state index contributed by atoms with van der Waals surface area (Å²) >= 11 is 4.74. The number of Topliss-reactive ketones (excluding diaryl/α,β-unsaturated/α-hetero) is 2. The fourth-order valence-corrected chi connectivity index (χ4v) is 4.37. The Morgan fingerprint density at radius 3 is 2.74 bits per heavy atom. The van der Waals surface area contributed by atoms with Crippen LogP contribution in [0.25, 0.3) is 6.08 Å². The summed E-state index contributed by atoms with van der Waals surface area (Å²) < 4.78 is 16.3. The van der Waals surface area contributed by atoms with Crippen molar-refractivity contribution >= 4 is 30.3 Å². The van der Waals surface area contributed by atoms with Crippen molar-refractivity contribution in [3.8, 4) is 0 Å². The van der Waals surface area contributed by atoms with Gasteiger partial charge in [-0.15, -0.1) is 0 Å². The van der Waals surface area contributed by atoms with E-state index >= 15 is 0 Å². The monoisotopic (exact) mass is 441 g/mol. The van der Waals surface area contributed by atoms with Crippen LogP contribution >= 0.6 is 12.6 Å². The fraction of sp³-hybridized carbons (Fsp3) is 0.458. The summed E-state index contributed by atoms with van der Waals surface area (Å²) in [6.07, 6.45) is 6.82. The van der Waals surface area contributed by atoms with Gasteiger partial charge in [0.05, 0.1) is 18.3 Å². The maximum absolute atomic E-state index is 14.6. The van der Waals surface area contributed by atoms with Crippen LogP contribution in [0.15, 0.2) is 42.1 Å². The van der Waals surface area contributed by atoms with Crippen LogP contribution in [0.4, 0.5) is 4.39 Å². The third kappa shape index (κ3) is 5.15. The Morgan fingerprint density at radius 2 is 2.03 bits per heavy atom. The molecule has 2 fully saturated rings. The molecule has 7 heteroatoms. The van der Waals surface area contributed by atoms with Crippen LogP contribution in [0.3, 0.4) is 0 Å². The molecule has 2 atom stereocenters. The van der Waals surface area contributed by atoms with Crippen molar-refractivity contribution < 1.29 is 14.0 Å². The molecular formula is C24H28FN3O2S. The van der Waals surface area contributed by atoms with Crippen LogP contribution in [0.2, 0.25) is 0 Å². The molecule has 0 N–H and O–H groups in total. The second kappa shape index (κ2) is 9.49. The number of nitrogens with zero attached hydrogens (tertiary/aromatic N) is 3. The molecule has 5 nitrogen and oxygen atoms in total. The third-order valence-corrected chi connectivity index (χ3v) is 6.63. The van der Waals surface area contributed by atoms with E-state index in [1.807, 2.05) is 19.1 Å². The van der Waals surface area contributed by atoms with E-state index in [0.29, 0.717) is 25.1 Å². The van der Waals surface area contributed by atoms with Gasteiger partial charge in [-0.2, -0.15) is 17.7 Å². The lowest BCUT2D eigenvalue weighted by Crippen LogP contribution is -2.42. The van der Waals surface area contributed by atoms with E-state index in [-0.39, 0.29) is 35.1 Å². The van der Waals surface area contributed by atoms with E-state index in [2.05, 4.69) is 10.00 Å². The number of carbonyl (C=O) groups excluding carboxylic acids is 2. The minimum absolute atomic E-state index is 0.0394. The SMILES string of the molecule is CCC(=O)Cn1ccc(/C=C2\CN(C(C(=O)C3CC3)c3ccccc3F)CCC2S)n1. The van der Waals surface area contributed by atoms with Gasteiger partial charge in [0.2, 0.25) is 0 Å². The standard InChI is InChI=1S/C24H28FN3O2S/c1-2-19(29)15-28-12-9-18(26-28)13-17-14-27(11-10-22(17)31)23(24(30)16-7-8-16)20-5-3-4-6-21(20)25/h3-6,9,12-13,16,22-23,31H,2,7-8,10-11,14-15H2,1H3/b17-13+. The molecule has 1 saturated carbocycles. The van der Waals surface area contributed by atoms with Gasteiger partial charge in [0.25, 0.3) is 0 Å². The van der Waals surface area contributed by atoms with Crippen LogP contribution in [0, 0.1) is 11.7 Å². The van der Waals surface area contributed by atoms with Crippen molar-refractivity contribution in [1.29, 1.82) is 0 Å². The lowest BCUT2D eigenvalue weighted by atomic mass is 9.93. The first kappa shape index (κ1) is 22.0. The summed E-state index contributed by atoms with van der Waals surface area (Å²) in [4.78, 5) is 26.9. The van der Waals surface area contributed by atoms with Crippen LogP contribution in [-0.4, -0.2) is 44.6 Å². The minimum Gasteiger partial charge on any atom is -0.298 e. The number of benzene rings is 1. The number of hydrogen-bond donors (Lipinski definition) is 1. The highest BCUT2D eigenvalue weighted by Gasteiger charge is 2.40. The summed E-state index contributed by atoms with van der Waals surface area (Å²) in [6.45, 7) is 3.32. The molecule has 1 aliphatic carbocycles. The van der Waals surface area contributed by atoms with Gasteiger partial charge in [0.1, 0.15) is 5.82 Å². The second-order valence-electron chi connectivity index (χ2n) is 8.43. The maximum Gasteiger partial charge on any atom is 0.157 e. The molecule has 0 amide bonds. The van der Waals surface area contributed by atoms with Gasteiger partial charge >= 0.3 is 0 Å². The van der Waals surface area contributed by atoms with E-state index in [0.717, 1.165) is 30.5 Å². The molecule has 2 heterocycles. The maximum atomic E-state index is 14.6. The van der Waals surface area contributed by atoms with Crippen molar-refractivity contribution in [3.63, 3.8) is 0 Å². The largest absolute Gasteiger partial charge is 0.298 e. The number of rotatable bonds is 8. The molecule has 1 aromatic heterocycles. The molecule has 2 aliphatic rings. The quantitative estimate of drug-likeness (QED) is 0.627. The van der Waals surface area contributed by atoms with Gasteiger partial charge in [-0.25, -0.2) is 4.39 Å². The topological polar surface area (TPSA) is 55.2 Å². The Kier molecular flexibility index (Phi) is 6.72. The third-order valence-electron chi connectivity index (χ3n) is 6.04. The van der Waals surface area contributed by atoms with Gasteiger partial charge in [0, 0.05) is 42.4 Å². The zero-order valence-corrected chi connectivity index (χ0v) is 18.6. The minimum atomic E-state index is -0.572. The molecule has 0 bridgehead atoms. The van der Waals surface area contributed by atoms with Gasteiger partial charge in [-0.1, -0.05) is 25.1 Å². The molecule has 2 aromatic rings. The number of likely N-dealkylation sites (tertiary alicyclic amines) is 1. The Bertz CT molecular complexity index is 998. The van der Waals surface area contributed by atoms with Crippen molar-refractivity contribution in [1.82, 2.24) is 14.7 Å². The predicted octanol–water partition coefficient (Wildman–Crippen LogP) is 4.11. The van der Waals surface area contributed by atoms with E-state index < -0.39 is 6.04 Å². The van der Waals surface area contributed by atoms with Crippen LogP contribution < -0.4 is 0 Å². The van der Waals surface area contributed by atoms with E-state index in [9.17, 15) is 14.0 Å². The number of halogens is 1. The first-order valence-electron chi connectivity index (χ1n) is 10.9. The zero-order valence-electron chi connectivity index (χ0n) is 17.7. The normalized spacial score (nSPS) is 21.9. The predicted molar refractivity (Wildman–Crippen MR) is 121 cm³/mol. The Morgan fingerprint density at radius 1 is 1.26 bits per heavy atom. The lowest BCUT2D eigenvalue weighted by Gasteiger charge is -2.37. The van der Waals surface area contributed by atoms with Gasteiger partial charge in [-0.3, -0.25) is 19.2 Å². The molecule has 0 spiro atoms. The molecule has 4 rings (SSSR count). The fourth-order valence-electron chi connectivity index (χ4n) is 4.10. The smallest absolute Gasteiger partial charge is 0.157 e. The molecule has 164 valence electrons. The molecule has 1 saturated heterocycles. The summed E-state index contributed by atoms with van der Waals surface area (Å²) in [5.74, 6) is -0.0501. The highest BCUT2D eigenvalue weighted by atomic mass is 32.1. The van der Waals surface area contributed by atoms with Crippen LogP contribution in [-0.2, 0) is 16.1 Å². The Labute approximate surface area is 187 Å². The first-order chi connectivity index (χ1) is 15.0.